The molecule has 0 aliphatic rings. The fourth-order valence-corrected chi connectivity index (χ4v) is 4.26. The minimum Gasteiger partial charge on any atom is -0.325 e. The number of hydrogen-bond donors (Lipinski definition) is 1. The van der Waals surface area contributed by atoms with E-state index in [1.54, 1.807) is 12.4 Å². The molecule has 6 nitrogen and oxygen atoms in total. The molecule has 1 amide bonds. The van der Waals surface area contributed by atoms with Crippen molar-refractivity contribution in [3.05, 3.63) is 84.2 Å². The number of amides is 1. The van der Waals surface area contributed by atoms with Crippen LogP contribution in [0.2, 0.25) is 0 Å². The number of hydrogen-bond acceptors (Lipinski definition) is 5. The number of nitrogens with one attached hydrogen (secondary N) is 1. The summed E-state index contributed by atoms with van der Waals surface area (Å²) in [6.07, 6.45) is 3.46. The fraction of sp³-hybridized carbons (Fsp3) is 0.200. The number of rotatable bonds is 7. The molecule has 2 aromatic carbocycles. The Bertz CT molecular complexity index is 1210. The molecule has 162 valence electrons. The molecule has 0 aliphatic carbocycles. The predicted molar refractivity (Wildman–Crippen MR) is 129 cm³/mol. The van der Waals surface area contributed by atoms with Gasteiger partial charge in [0.2, 0.25) is 5.91 Å². The third-order valence-corrected chi connectivity index (χ3v) is 6.04. The number of anilines is 1. The zero-order valence-corrected chi connectivity index (χ0v) is 19.1. The Morgan fingerprint density at radius 1 is 1.00 bits per heavy atom. The molecular formula is C25H25N5OS. The van der Waals surface area contributed by atoms with Gasteiger partial charge in [0.05, 0.1) is 5.75 Å². The van der Waals surface area contributed by atoms with Crippen LogP contribution in [0.4, 0.5) is 5.69 Å². The number of aryl methyl sites for hydroxylation is 1. The van der Waals surface area contributed by atoms with Gasteiger partial charge in [-0.3, -0.25) is 14.3 Å². The van der Waals surface area contributed by atoms with E-state index in [1.165, 1.54) is 11.8 Å². The van der Waals surface area contributed by atoms with Crippen molar-refractivity contribution in [2.45, 2.75) is 31.8 Å². The molecule has 32 heavy (non-hydrogen) atoms. The van der Waals surface area contributed by atoms with Gasteiger partial charge < -0.3 is 5.32 Å². The van der Waals surface area contributed by atoms with Crippen molar-refractivity contribution in [1.82, 2.24) is 19.7 Å². The van der Waals surface area contributed by atoms with Gasteiger partial charge in [0.15, 0.2) is 11.0 Å². The summed E-state index contributed by atoms with van der Waals surface area (Å²) in [5.74, 6) is 1.19. The predicted octanol–water partition coefficient (Wildman–Crippen LogP) is 5.49. The van der Waals surface area contributed by atoms with Crippen LogP contribution >= 0.6 is 11.8 Å². The lowest BCUT2D eigenvalue weighted by molar-refractivity contribution is -0.113. The molecule has 4 rings (SSSR count). The average Bonchev–Trinajstić information content (AvgIpc) is 3.24. The van der Waals surface area contributed by atoms with E-state index in [0.717, 1.165) is 28.1 Å². The minimum absolute atomic E-state index is 0.0701. The van der Waals surface area contributed by atoms with Gasteiger partial charge in [-0.05, 0) is 48.2 Å². The lowest BCUT2D eigenvalue weighted by atomic mass is 9.98. The van der Waals surface area contributed by atoms with Gasteiger partial charge in [0, 0.05) is 29.3 Å². The monoisotopic (exact) mass is 443 g/mol. The highest BCUT2D eigenvalue weighted by Crippen LogP contribution is 2.30. The molecule has 0 radical (unpaired) electrons. The maximum atomic E-state index is 12.8. The Morgan fingerprint density at radius 2 is 1.75 bits per heavy atom. The zero-order valence-electron chi connectivity index (χ0n) is 18.3. The van der Waals surface area contributed by atoms with E-state index in [1.807, 2.05) is 66.1 Å². The third-order valence-electron chi connectivity index (χ3n) is 5.11. The zero-order chi connectivity index (χ0) is 22.5. The molecule has 4 aromatic rings. The number of carbonyl (C=O) groups excluding carboxylic acids is 1. The first-order valence-corrected chi connectivity index (χ1v) is 11.5. The molecule has 0 bridgehead atoms. The van der Waals surface area contributed by atoms with E-state index in [2.05, 4.69) is 40.4 Å². The summed E-state index contributed by atoms with van der Waals surface area (Å²) >= 11 is 1.37. The molecule has 2 heterocycles. The van der Waals surface area contributed by atoms with Gasteiger partial charge in [-0.25, -0.2) is 0 Å². The summed E-state index contributed by atoms with van der Waals surface area (Å²) in [5.41, 5.74) is 4.94. The standard InChI is InChI=1S/C25H25N5OS/c1-17(2)21-11-7-8-18(3)23(21)27-22(31)16-32-25-29-28-24(19-12-14-26-15-13-19)30(25)20-9-5-4-6-10-20/h4-15,17H,16H2,1-3H3,(H,27,31). The van der Waals surface area contributed by atoms with Crippen LogP contribution in [0.5, 0.6) is 0 Å². The van der Waals surface area contributed by atoms with Crippen LogP contribution in [0.1, 0.15) is 30.9 Å². The van der Waals surface area contributed by atoms with Crippen molar-refractivity contribution in [2.24, 2.45) is 0 Å². The summed E-state index contributed by atoms with van der Waals surface area (Å²) in [6.45, 7) is 6.27. The molecular weight excluding hydrogens is 418 g/mol. The van der Waals surface area contributed by atoms with Crippen molar-refractivity contribution in [3.8, 4) is 17.1 Å². The van der Waals surface area contributed by atoms with Gasteiger partial charge >= 0.3 is 0 Å². The Labute approximate surface area is 192 Å². The first-order chi connectivity index (χ1) is 15.5. The van der Waals surface area contributed by atoms with Crippen molar-refractivity contribution in [2.75, 3.05) is 11.1 Å². The van der Waals surface area contributed by atoms with E-state index < -0.39 is 0 Å². The second kappa shape index (κ2) is 9.78. The number of nitrogens with zero attached hydrogens (tertiary/aromatic N) is 4. The molecule has 0 saturated heterocycles. The number of thioether (sulfide) groups is 1. The first kappa shape index (κ1) is 21.8. The van der Waals surface area contributed by atoms with Crippen molar-refractivity contribution in [1.29, 1.82) is 0 Å². The Kier molecular flexibility index (Phi) is 6.66. The van der Waals surface area contributed by atoms with Crippen LogP contribution in [0.3, 0.4) is 0 Å². The quantitative estimate of drug-likeness (QED) is 0.382. The molecule has 0 aliphatic heterocycles. The Balaban J connectivity index is 1.58. The van der Waals surface area contributed by atoms with Gasteiger partial charge in [0.1, 0.15) is 0 Å². The number of carbonyl (C=O) groups is 1. The average molecular weight is 444 g/mol. The number of pyridine rings is 1. The highest BCUT2D eigenvalue weighted by molar-refractivity contribution is 7.99. The van der Waals surface area contributed by atoms with Crippen LogP contribution in [-0.4, -0.2) is 31.4 Å². The van der Waals surface area contributed by atoms with Crippen LogP contribution < -0.4 is 5.32 Å². The molecule has 0 saturated carbocycles. The second-order valence-corrected chi connectivity index (χ2v) is 8.69. The molecule has 2 aromatic heterocycles. The lowest BCUT2D eigenvalue weighted by Crippen LogP contribution is -2.17. The van der Waals surface area contributed by atoms with Crippen LogP contribution in [0.15, 0.2) is 78.2 Å². The van der Waals surface area contributed by atoms with E-state index in [0.29, 0.717) is 16.9 Å². The lowest BCUT2D eigenvalue weighted by Gasteiger charge is -2.16. The van der Waals surface area contributed by atoms with Crippen molar-refractivity contribution >= 4 is 23.4 Å². The van der Waals surface area contributed by atoms with E-state index in [-0.39, 0.29) is 11.7 Å². The molecule has 0 fully saturated rings. The summed E-state index contributed by atoms with van der Waals surface area (Å²) in [7, 11) is 0. The largest absolute Gasteiger partial charge is 0.325 e. The van der Waals surface area contributed by atoms with Gasteiger partial charge in [-0.1, -0.05) is 62.0 Å². The van der Waals surface area contributed by atoms with E-state index in [9.17, 15) is 4.79 Å². The Hall–Kier alpha value is -3.45. The molecule has 0 unspecified atom stereocenters. The highest BCUT2D eigenvalue weighted by atomic mass is 32.2. The van der Waals surface area contributed by atoms with Crippen molar-refractivity contribution in [3.63, 3.8) is 0 Å². The summed E-state index contributed by atoms with van der Waals surface area (Å²) in [6, 6.07) is 19.8. The molecule has 0 atom stereocenters. The molecule has 1 N–H and O–H groups in total. The van der Waals surface area contributed by atoms with Crippen LogP contribution in [0, 0.1) is 6.92 Å². The molecule has 0 spiro atoms. The summed E-state index contributed by atoms with van der Waals surface area (Å²) in [4.78, 5) is 16.9. The number of para-hydroxylation sites is 2. The van der Waals surface area contributed by atoms with Crippen LogP contribution in [0.25, 0.3) is 17.1 Å². The van der Waals surface area contributed by atoms with Gasteiger partial charge in [0.25, 0.3) is 0 Å². The Morgan fingerprint density at radius 3 is 2.47 bits per heavy atom. The number of aromatic nitrogens is 4. The van der Waals surface area contributed by atoms with Gasteiger partial charge in [-0.2, -0.15) is 0 Å². The molecule has 7 heteroatoms. The third kappa shape index (κ3) is 4.73. The second-order valence-electron chi connectivity index (χ2n) is 7.74. The summed E-state index contributed by atoms with van der Waals surface area (Å²) in [5, 5.41) is 12.6. The van der Waals surface area contributed by atoms with E-state index in [4.69, 9.17) is 0 Å². The maximum absolute atomic E-state index is 12.8. The summed E-state index contributed by atoms with van der Waals surface area (Å²) < 4.78 is 1.97. The smallest absolute Gasteiger partial charge is 0.234 e. The number of benzene rings is 2. The van der Waals surface area contributed by atoms with Gasteiger partial charge in [-0.15, -0.1) is 10.2 Å². The van der Waals surface area contributed by atoms with E-state index >= 15 is 0 Å². The SMILES string of the molecule is Cc1cccc(C(C)C)c1NC(=O)CSc1nnc(-c2ccncc2)n1-c1ccccc1. The highest BCUT2D eigenvalue weighted by Gasteiger charge is 2.18. The van der Waals surface area contributed by atoms with Crippen LogP contribution in [-0.2, 0) is 4.79 Å². The minimum atomic E-state index is -0.0701. The van der Waals surface area contributed by atoms with Crippen molar-refractivity contribution < 1.29 is 4.79 Å². The fourth-order valence-electron chi connectivity index (χ4n) is 3.51. The maximum Gasteiger partial charge on any atom is 0.234 e. The topological polar surface area (TPSA) is 72.7 Å². The first-order valence-electron chi connectivity index (χ1n) is 10.5. The normalized spacial score (nSPS) is 11.0.